The molecule has 1 unspecified atom stereocenters. The Balaban J connectivity index is 2.25. The number of nitrogens with one attached hydrogen (secondary N) is 1. The summed E-state index contributed by atoms with van der Waals surface area (Å²) >= 11 is 5.84. The number of rotatable bonds is 4. The first-order valence-electron chi connectivity index (χ1n) is 4.99. The van der Waals surface area contributed by atoms with Gasteiger partial charge in [0.25, 0.3) is 5.78 Å². The van der Waals surface area contributed by atoms with Gasteiger partial charge in [-0.15, -0.1) is 0 Å². The van der Waals surface area contributed by atoms with E-state index in [9.17, 15) is 5.11 Å². The molecule has 2 rings (SSSR count). The lowest BCUT2D eigenvalue weighted by atomic mass is 10.3. The Labute approximate surface area is 97.3 Å². The molecule has 86 valence electrons. The van der Waals surface area contributed by atoms with Gasteiger partial charge in [-0.3, -0.25) is 0 Å². The Morgan fingerprint density at radius 1 is 1.62 bits per heavy atom. The normalized spacial score (nSPS) is 12.9. The number of hydrogen-bond acceptors (Lipinski definition) is 5. The molecule has 7 heteroatoms. The number of fused-ring (bicyclic) bond motifs is 1. The van der Waals surface area contributed by atoms with Crippen molar-refractivity contribution in [2.75, 3.05) is 11.9 Å². The Morgan fingerprint density at radius 2 is 2.44 bits per heavy atom. The van der Waals surface area contributed by atoms with Crippen LogP contribution < -0.4 is 5.32 Å². The van der Waals surface area contributed by atoms with Crippen molar-refractivity contribution in [3.63, 3.8) is 0 Å². The summed E-state index contributed by atoms with van der Waals surface area (Å²) in [5.41, 5.74) is 0. The maximum atomic E-state index is 9.45. The van der Waals surface area contributed by atoms with Crippen LogP contribution in [0.15, 0.2) is 12.4 Å². The minimum Gasteiger partial charge on any atom is -0.391 e. The first-order chi connectivity index (χ1) is 7.70. The summed E-state index contributed by atoms with van der Waals surface area (Å²) in [6.45, 7) is 2.35. The van der Waals surface area contributed by atoms with Crippen LogP contribution in [0, 0.1) is 0 Å². The molecule has 0 spiro atoms. The monoisotopic (exact) mass is 241 g/mol. The van der Waals surface area contributed by atoms with E-state index in [1.807, 2.05) is 6.92 Å². The minimum absolute atomic E-state index is 0.342. The molecule has 0 aliphatic carbocycles. The van der Waals surface area contributed by atoms with Crippen molar-refractivity contribution in [2.24, 2.45) is 0 Å². The van der Waals surface area contributed by atoms with E-state index >= 15 is 0 Å². The molecule has 2 N–H and O–H groups in total. The number of halogens is 1. The van der Waals surface area contributed by atoms with Gasteiger partial charge in [0.05, 0.1) is 6.10 Å². The van der Waals surface area contributed by atoms with Gasteiger partial charge < -0.3 is 10.4 Å². The van der Waals surface area contributed by atoms with Crippen molar-refractivity contribution in [1.29, 1.82) is 0 Å². The van der Waals surface area contributed by atoms with E-state index in [-0.39, 0.29) is 0 Å². The molecule has 2 aromatic heterocycles. The van der Waals surface area contributed by atoms with Crippen LogP contribution in [-0.4, -0.2) is 37.3 Å². The minimum atomic E-state index is -0.398. The second-order valence-electron chi connectivity index (χ2n) is 3.38. The third-order valence-corrected chi connectivity index (χ3v) is 2.40. The SMILES string of the molecule is CCC(O)CNc1cc(Cl)nc2ncnn12. The number of hydrogen-bond donors (Lipinski definition) is 2. The van der Waals surface area contributed by atoms with Crippen LogP contribution in [0.25, 0.3) is 5.78 Å². The molecule has 0 saturated heterocycles. The van der Waals surface area contributed by atoms with Gasteiger partial charge in [-0.1, -0.05) is 18.5 Å². The highest BCUT2D eigenvalue weighted by molar-refractivity contribution is 6.29. The van der Waals surface area contributed by atoms with E-state index in [2.05, 4.69) is 20.4 Å². The Morgan fingerprint density at radius 3 is 3.19 bits per heavy atom. The zero-order chi connectivity index (χ0) is 11.5. The first kappa shape index (κ1) is 11.1. The molecule has 0 aliphatic heterocycles. The second-order valence-corrected chi connectivity index (χ2v) is 3.77. The van der Waals surface area contributed by atoms with Crippen LogP contribution in [0.5, 0.6) is 0 Å². The van der Waals surface area contributed by atoms with Crippen molar-refractivity contribution >= 4 is 23.2 Å². The predicted molar refractivity (Wildman–Crippen MR) is 60.6 cm³/mol. The highest BCUT2D eigenvalue weighted by Gasteiger charge is 2.07. The second kappa shape index (κ2) is 4.63. The average molecular weight is 242 g/mol. The quantitative estimate of drug-likeness (QED) is 0.780. The van der Waals surface area contributed by atoms with Gasteiger partial charge in [0.2, 0.25) is 0 Å². The summed E-state index contributed by atoms with van der Waals surface area (Å²) in [5, 5.41) is 16.9. The third kappa shape index (κ3) is 2.23. The number of aliphatic hydroxyl groups excluding tert-OH is 1. The molecule has 0 saturated carbocycles. The number of aliphatic hydroxyl groups is 1. The topological polar surface area (TPSA) is 75.3 Å². The van der Waals surface area contributed by atoms with E-state index < -0.39 is 6.10 Å². The van der Waals surface area contributed by atoms with Crippen LogP contribution >= 0.6 is 11.6 Å². The molecular weight excluding hydrogens is 230 g/mol. The van der Waals surface area contributed by atoms with Gasteiger partial charge in [0, 0.05) is 12.6 Å². The molecule has 16 heavy (non-hydrogen) atoms. The lowest BCUT2D eigenvalue weighted by Crippen LogP contribution is -2.19. The number of nitrogens with zero attached hydrogens (tertiary/aromatic N) is 4. The summed E-state index contributed by atoms with van der Waals surface area (Å²) in [7, 11) is 0. The lowest BCUT2D eigenvalue weighted by Gasteiger charge is -2.11. The van der Waals surface area contributed by atoms with Crippen molar-refractivity contribution in [1.82, 2.24) is 19.6 Å². The fourth-order valence-corrected chi connectivity index (χ4v) is 1.45. The molecular formula is C9H12ClN5O. The van der Waals surface area contributed by atoms with Gasteiger partial charge in [0.15, 0.2) is 0 Å². The number of anilines is 1. The Kier molecular flexibility index (Phi) is 3.21. The summed E-state index contributed by atoms with van der Waals surface area (Å²) in [6, 6.07) is 1.64. The molecule has 2 heterocycles. The summed E-state index contributed by atoms with van der Waals surface area (Å²) in [5.74, 6) is 1.10. The maximum absolute atomic E-state index is 9.45. The van der Waals surface area contributed by atoms with Crippen LogP contribution in [0.2, 0.25) is 5.15 Å². The van der Waals surface area contributed by atoms with E-state index in [0.29, 0.717) is 29.7 Å². The van der Waals surface area contributed by atoms with Crippen molar-refractivity contribution in [2.45, 2.75) is 19.4 Å². The van der Waals surface area contributed by atoms with Crippen LogP contribution in [0.1, 0.15) is 13.3 Å². The third-order valence-electron chi connectivity index (χ3n) is 2.21. The van der Waals surface area contributed by atoms with E-state index in [1.54, 1.807) is 6.07 Å². The van der Waals surface area contributed by atoms with Crippen molar-refractivity contribution in [3.8, 4) is 0 Å². The number of aromatic nitrogens is 4. The predicted octanol–water partition coefficient (Wildman–Crippen LogP) is 0.960. The Hall–Kier alpha value is -1.40. The van der Waals surface area contributed by atoms with Crippen molar-refractivity contribution in [3.05, 3.63) is 17.5 Å². The summed E-state index contributed by atoms with van der Waals surface area (Å²) in [6.07, 6.45) is 1.69. The highest BCUT2D eigenvalue weighted by Crippen LogP contribution is 2.14. The Bertz CT molecular complexity index is 486. The zero-order valence-corrected chi connectivity index (χ0v) is 9.52. The molecule has 0 amide bonds. The first-order valence-corrected chi connectivity index (χ1v) is 5.36. The molecule has 0 aliphatic rings. The molecule has 0 aromatic carbocycles. The fourth-order valence-electron chi connectivity index (χ4n) is 1.28. The summed E-state index contributed by atoms with van der Waals surface area (Å²) in [4.78, 5) is 7.94. The van der Waals surface area contributed by atoms with Crippen LogP contribution in [0.4, 0.5) is 5.82 Å². The van der Waals surface area contributed by atoms with Crippen LogP contribution in [-0.2, 0) is 0 Å². The molecule has 1 atom stereocenters. The van der Waals surface area contributed by atoms with E-state index in [4.69, 9.17) is 11.6 Å². The fraction of sp³-hybridized carbons (Fsp3) is 0.444. The van der Waals surface area contributed by atoms with Gasteiger partial charge in [-0.2, -0.15) is 19.6 Å². The largest absolute Gasteiger partial charge is 0.391 e. The lowest BCUT2D eigenvalue weighted by molar-refractivity contribution is 0.183. The van der Waals surface area contributed by atoms with Gasteiger partial charge in [-0.25, -0.2) is 0 Å². The van der Waals surface area contributed by atoms with Gasteiger partial charge in [-0.05, 0) is 6.42 Å². The molecule has 6 nitrogen and oxygen atoms in total. The van der Waals surface area contributed by atoms with Crippen LogP contribution in [0.3, 0.4) is 0 Å². The van der Waals surface area contributed by atoms with E-state index in [1.165, 1.54) is 10.8 Å². The van der Waals surface area contributed by atoms with Gasteiger partial charge in [0.1, 0.15) is 17.3 Å². The van der Waals surface area contributed by atoms with Gasteiger partial charge >= 0.3 is 0 Å². The smallest absolute Gasteiger partial charge is 0.255 e. The van der Waals surface area contributed by atoms with Crippen molar-refractivity contribution < 1.29 is 5.11 Å². The summed E-state index contributed by atoms with van der Waals surface area (Å²) < 4.78 is 1.54. The molecule has 0 fully saturated rings. The zero-order valence-electron chi connectivity index (χ0n) is 8.76. The maximum Gasteiger partial charge on any atom is 0.255 e. The standard InChI is InChI=1S/C9H12ClN5O/c1-2-6(16)4-11-8-3-7(10)14-9-12-5-13-15(8)9/h3,5-6,11,16H,2,4H2,1H3. The molecule has 0 bridgehead atoms. The highest BCUT2D eigenvalue weighted by atomic mass is 35.5. The van der Waals surface area contributed by atoms with E-state index in [0.717, 1.165) is 0 Å². The molecule has 2 aromatic rings. The molecule has 0 radical (unpaired) electrons. The average Bonchev–Trinajstić information content (AvgIpc) is 2.73.